The first-order valence-corrected chi connectivity index (χ1v) is 6.35. The van der Waals surface area contributed by atoms with E-state index in [0.29, 0.717) is 18.6 Å². The predicted octanol–water partition coefficient (Wildman–Crippen LogP) is 0.766. The average Bonchev–Trinajstić information content (AvgIpc) is 2.78. The van der Waals surface area contributed by atoms with Gasteiger partial charge in [0, 0.05) is 13.7 Å². The first-order valence-electron chi connectivity index (χ1n) is 6.35. The molecule has 0 aromatic rings. The molecular formula is C12H22N2O2. The molecule has 0 saturated carbocycles. The van der Waals surface area contributed by atoms with E-state index in [-0.39, 0.29) is 6.04 Å². The number of methoxy groups -OCH3 is 1. The molecule has 0 spiro atoms. The van der Waals surface area contributed by atoms with Crippen LogP contribution in [-0.4, -0.2) is 49.7 Å². The highest BCUT2D eigenvalue weighted by Crippen LogP contribution is 2.20. The Bertz CT molecular complexity index is 239. The maximum atomic E-state index is 12.3. The van der Waals surface area contributed by atoms with E-state index in [0.717, 1.165) is 32.4 Å². The number of piperidine rings is 1. The third kappa shape index (κ3) is 2.55. The van der Waals surface area contributed by atoms with E-state index in [9.17, 15) is 4.79 Å². The van der Waals surface area contributed by atoms with Gasteiger partial charge < -0.3 is 15.0 Å². The molecule has 0 bridgehead atoms. The van der Waals surface area contributed by atoms with Crippen molar-refractivity contribution < 1.29 is 9.53 Å². The summed E-state index contributed by atoms with van der Waals surface area (Å²) in [5, 5.41) is 3.33. The van der Waals surface area contributed by atoms with Crippen LogP contribution in [0.2, 0.25) is 0 Å². The molecule has 2 aliphatic rings. The Hall–Kier alpha value is -0.610. The molecule has 1 N–H and O–H groups in total. The molecule has 2 saturated heterocycles. The molecule has 92 valence electrons. The van der Waals surface area contributed by atoms with E-state index >= 15 is 0 Å². The lowest BCUT2D eigenvalue weighted by atomic mass is 10.0. The molecular weight excluding hydrogens is 204 g/mol. The number of likely N-dealkylation sites (tertiary alicyclic amines) is 1. The zero-order chi connectivity index (χ0) is 11.4. The zero-order valence-corrected chi connectivity index (χ0v) is 10.1. The van der Waals surface area contributed by atoms with Crippen molar-refractivity contribution in [3.63, 3.8) is 0 Å². The maximum absolute atomic E-state index is 12.3. The van der Waals surface area contributed by atoms with Crippen LogP contribution in [0, 0.1) is 0 Å². The lowest BCUT2D eigenvalue weighted by Gasteiger charge is -2.30. The Morgan fingerprint density at radius 3 is 2.94 bits per heavy atom. The molecule has 0 radical (unpaired) electrons. The molecule has 0 aliphatic carbocycles. The fourth-order valence-corrected chi connectivity index (χ4v) is 2.75. The highest BCUT2D eigenvalue weighted by molar-refractivity contribution is 5.82. The lowest BCUT2D eigenvalue weighted by Crippen LogP contribution is -2.50. The van der Waals surface area contributed by atoms with Gasteiger partial charge in [-0.25, -0.2) is 0 Å². The molecule has 1 amide bonds. The van der Waals surface area contributed by atoms with Crippen molar-refractivity contribution in [2.75, 3.05) is 26.8 Å². The van der Waals surface area contributed by atoms with Gasteiger partial charge in [-0.05, 0) is 32.2 Å². The van der Waals surface area contributed by atoms with Gasteiger partial charge in [0.1, 0.15) is 0 Å². The van der Waals surface area contributed by atoms with E-state index in [4.69, 9.17) is 4.74 Å². The number of nitrogens with one attached hydrogen (secondary N) is 1. The summed E-state index contributed by atoms with van der Waals surface area (Å²) in [6, 6.07) is 0.368. The molecule has 0 aromatic heterocycles. The van der Waals surface area contributed by atoms with Crippen LogP contribution in [0.15, 0.2) is 0 Å². The van der Waals surface area contributed by atoms with Gasteiger partial charge in [0.2, 0.25) is 5.91 Å². The van der Waals surface area contributed by atoms with Crippen molar-refractivity contribution in [1.82, 2.24) is 10.2 Å². The minimum atomic E-state index is 0.0613. The van der Waals surface area contributed by atoms with Crippen LogP contribution in [0.4, 0.5) is 0 Å². The zero-order valence-electron chi connectivity index (χ0n) is 10.1. The van der Waals surface area contributed by atoms with Gasteiger partial charge in [0.05, 0.1) is 18.7 Å². The fraction of sp³-hybridized carbons (Fsp3) is 0.917. The largest absolute Gasteiger partial charge is 0.383 e. The lowest BCUT2D eigenvalue weighted by molar-refractivity contribution is -0.135. The maximum Gasteiger partial charge on any atom is 0.240 e. The SMILES string of the molecule is COC[C@@H]1CCCN1C(=O)[C@H]1CCCCN1. The number of ether oxygens (including phenoxy) is 1. The Morgan fingerprint density at radius 2 is 2.25 bits per heavy atom. The van der Waals surface area contributed by atoms with Gasteiger partial charge in [0.25, 0.3) is 0 Å². The standard InChI is InChI=1S/C12H22N2O2/c1-16-9-10-5-4-8-14(10)12(15)11-6-2-3-7-13-11/h10-11,13H,2-9H2,1H3/t10-,11+/m0/s1. The van der Waals surface area contributed by atoms with Gasteiger partial charge in [-0.3, -0.25) is 4.79 Å². The van der Waals surface area contributed by atoms with Crippen molar-refractivity contribution in [2.45, 2.75) is 44.2 Å². The first-order chi connectivity index (χ1) is 7.83. The second kappa shape index (κ2) is 5.64. The van der Waals surface area contributed by atoms with E-state index in [1.54, 1.807) is 7.11 Å². The molecule has 0 aromatic carbocycles. The number of hydrogen-bond acceptors (Lipinski definition) is 3. The quantitative estimate of drug-likeness (QED) is 0.772. The van der Waals surface area contributed by atoms with Crippen LogP contribution in [0.25, 0.3) is 0 Å². The second-order valence-corrected chi connectivity index (χ2v) is 4.79. The van der Waals surface area contributed by atoms with Crippen molar-refractivity contribution in [3.05, 3.63) is 0 Å². The molecule has 2 atom stereocenters. The first kappa shape index (κ1) is 11.9. The average molecular weight is 226 g/mol. The Balaban J connectivity index is 1.91. The van der Waals surface area contributed by atoms with Gasteiger partial charge >= 0.3 is 0 Å². The van der Waals surface area contributed by atoms with Gasteiger partial charge in [-0.1, -0.05) is 6.42 Å². The van der Waals surface area contributed by atoms with Crippen LogP contribution in [0.3, 0.4) is 0 Å². The van der Waals surface area contributed by atoms with Crippen LogP contribution in [0.5, 0.6) is 0 Å². The number of hydrogen-bond donors (Lipinski definition) is 1. The van der Waals surface area contributed by atoms with E-state index in [1.807, 2.05) is 4.90 Å². The predicted molar refractivity (Wildman–Crippen MR) is 62.3 cm³/mol. The highest BCUT2D eigenvalue weighted by atomic mass is 16.5. The van der Waals surface area contributed by atoms with Crippen LogP contribution >= 0.6 is 0 Å². The summed E-state index contributed by atoms with van der Waals surface area (Å²) in [6.45, 7) is 2.57. The van der Waals surface area contributed by atoms with Crippen molar-refractivity contribution >= 4 is 5.91 Å². The van der Waals surface area contributed by atoms with Crippen LogP contribution in [-0.2, 0) is 9.53 Å². The van der Waals surface area contributed by atoms with E-state index in [2.05, 4.69) is 5.32 Å². The minimum absolute atomic E-state index is 0.0613. The smallest absolute Gasteiger partial charge is 0.240 e. The molecule has 16 heavy (non-hydrogen) atoms. The molecule has 2 rings (SSSR count). The monoisotopic (exact) mass is 226 g/mol. The van der Waals surface area contributed by atoms with Crippen molar-refractivity contribution in [1.29, 1.82) is 0 Å². The molecule has 4 heteroatoms. The summed E-state index contributed by atoms with van der Waals surface area (Å²) in [6.07, 6.45) is 5.57. The summed E-state index contributed by atoms with van der Waals surface area (Å²) in [7, 11) is 1.71. The topological polar surface area (TPSA) is 41.6 Å². The summed E-state index contributed by atoms with van der Waals surface area (Å²) < 4.78 is 5.18. The van der Waals surface area contributed by atoms with E-state index < -0.39 is 0 Å². The van der Waals surface area contributed by atoms with Crippen molar-refractivity contribution in [3.8, 4) is 0 Å². The summed E-state index contributed by atoms with van der Waals surface area (Å²) in [4.78, 5) is 14.3. The molecule has 4 nitrogen and oxygen atoms in total. The van der Waals surface area contributed by atoms with Crippen LogP contribution in [0.1, 0.15) is 32.1 Å². The number of carbonyl (C=O) groups excluding carboxylic acids is 1. The third-order valence-corrected chi connectivity index (χ3v) is 3.63. The number of rotatable bonds is 3. The number of amides is 1. The minimum Gasteiger partial charge on any atom is -0.383 e. The van der Waals surface area contributed by atoms with Crippen molar-refractivity contribution in [2.24, 2.45) is 0 Å². The Kier molecular flexibility index (Phi) is 4.18. The second-order valence-electron chi connectivity index (χ2n) is 4.79. The summed E-state index contributed by atoms with van der Waals surface area (Å²) in [5.74, 6) is 0.291. The highest BCUT2D eigenvalue weighted by Gasteiger charge is 2.33. The summed E-state index contributed by atoms with van der Waals surface area (Å²) in [5.41, 5.74) is 0. The number of carbonyl (C=O) groups is 1. The van der Waals surface area contributed by atoms with Gasteiger partial charge in [0.15, 0.2) is 0 Å². The fourth-order valence-electron chi connectivity index (χ4n) is 2.75. The molecule has 0 unspecified atom stereocenters. The van der Waals surface area contributed by atoms with Crippen LogP contribution < -0.4 is 5.32 Å². The molecule has 2 fully saturated rings. The van der Waals surface area contributed by atoms with E-state index in [1.165, 1.54) is 12.8 Å². The Labute approximate surface area is 97.3 Å². The van der Waals surface area contributed by atoms with Gasteiger partial charge in [-0.15, -0.1) is 0 Å². The third-order valence-electron chi connectivity index (χ3n) is 3.63. The number of nitrogens with zero attached hydrogens (tertiary/aromatic N) is 1. The van der Waals surface area contributed by atoms with Gasteiger partial charge in [-0.2, -0.15) is 0 Å². The normalized spacial score (nSPS) is 30.7. The Morgan fingerprint density at radius 1 is 1.38 bits per heavy atom. The molecule has 2 aliphatic heterocycles. The summed E-state index contributed by atoms with van der Waals surface area (Å²) >= 11 is 0. The molecule has 2 heterocycles.